The van der Waals surface area contributed by atoms with Crippen LogP contribution in [0.3, 0.4) is 0 Å². The third-order valence-corrected chi connectivity index (χ3v) is 10.00. The monoisotopic (exact) mass is 571 g/mol. The quantitative estimate of drug-likeness (QED) is 0.411. The van der Waals surface area contributed by atoms with Crippen LogP contribution in [0.15, 0.2) is 42.5 Å². The summed E-state index contributed by atoms with van der Waals surface area (Å²) in [5.41, 5.74) is 4.75. The number of benzene rings is 2. The van der Waals surface area contributed by atoms with E-state index in [4.69, 9.17) is 0 Å². The molecule has 0 bridgehead atoms. The number of likely N-dealkylation sites (tertiary alicyclic amines) is 2. The largest absolute Gasteiger partial charge is 0.342 e. The molecule has 2 aliphatic heterocycles. The molecular weight excluding hydrogens is 522 g/mol. The van der Waals surface area contributed by atoms with Gasteiger partial charge in [-0.05, 0) is 105 Å². The molecule has 1 N–H and O–H groups in total. The highest BCUT2D eigenvalue weighted by molar-refractivity contribution is 5.99. The van der Waals surface area contributed by atoms with Gasteiger partial charge < -0.3 is 15.1 Å². The Balaban J connectivity index is 1.39. The van der Waals surface area contributed by atoms with E-state index in [9.17, 15) is 14.4 Å². The number of rotatable bonds is 6. The fourth-order valence-electron chi connectivity index (χ4n) is 7.64. The fourth-order valence-corrected chi connectivity index (χ4v) is 7.64. The van der Waals surface area contributed by atoms with Crippen molar-refractivity contribution in [3.63, 3.8) is 0 Å². The molecule has 5 rings (SSSR count). The summed E-state index contributed by atoms with van der Waals surface area (Å²) in [5.74, 6) is 0.888. The zero-order chi connectivity index (χ0) is 30.0. The number of carbonyl (C=O) groups excluding carboxylic acids is 3. The molecule has 2 heterocycles. The summed E-state index contributed by atoms with van der Waals surface area (Å²) in [6, 6.07) is 14.1. The van der Waals surface area contributed by atoms with Crippen LogP contribution in [0.1, 0.15) is 99.2 Å². The molecule has 226 valence electrons. The van der Waals surface area contributed by atoms with Gasteiger partial charge in [-0.1, -0.05) is 51.1 Å². The van der Waals surface area contributed by atoms with Gasteiger partial charge in [-0.3, -0.25) is 14.4 Å². The Morgan fingerprint density at radius 2 is 1.60 bits per heavy atom. The van der Waals surface area contributed by atoms with Gasteiger partial charge in [0.1, 0.15) is 0 Å². The maximum absolute atomic E-state index is 14.3. The Hall–Kier alpha value is -3.15. The van der Waals surface area contributed by atoms with E-state index >= 15 is 0 Å². The van der Waals surface area contributed by atoms with Crippen LogP contribution in [-0.2, 0) is 15.0 Å². The van der Waals surface area contributed by atoms with E-state index in [1.54, 1.807) is 0 Å². The van der Waals surface area contributed by atoms with Crippen molar-refractivity contribution in [3.8, 4) is 0 Å². The Morgan fingerprint density at radius 3 is 2.24 bits per heavy atom. The molecule has 3 fully saturated rings. The Kier molecular flexibility index (Phi) is 9.10. The van der Waals surface area contributed by atoms with E-state index in [1.807, 2.05) is 49.1 Å². The minimum absolute atomic E-state index is 0.0128. The molecule has 6 heteroatoms. The van der Waals surface area contributed by atoms with E-state index in [1.165, 1.54) is 5.56 Å². The van der Waals surface area contributed by atoms with Gasteiger partial charge in [0.15, 0.2) is 0 Å². The molecule has 2 aromatic carbocycles. The molecule has 0 aromatic heterocycles. The van der Waals surface area contributed by atoms with Crippen molar-refractivity contribution in [3.05, 3.63) is 64.7 Å². The number of piperidine rings is 1. The van der Waals surface area contributed by atoms with Crippen LogP contribution in [-0.4, -0.2) is 53.2 Å². The molecule has 42 heavy (non-hydrogen) atoms. The molecule has 6 nitrogen and oxygen atoms in total. The molecular formula is C36H49N3O3. The van der Waals surface area contributed by atoms with Gasteiger partial charge in [-0.2, -0.15) is 0 Å². The first kappa shape index (κ1) is 30.3. The number of carbonyl (C=O) groups is 3. The molecule has 2 atom stereocenters. The van der Waals surface area contributed by atoms with Crippen LogP contribution < -0.4 is 5.32 Å². The van der Waals surface area contributed by atoms with E-state index < -0.39 is 0 Å². The van der Waals surface area contributed by atoms with Crippen molar-refractivity contribution in [2.75, 3.05) is 25.0 Å². The van der Waals surface area contributed by atoms with Crippen molar-refractivity contribution < 1.29 is 14.4 Å². The molecule has 3 aliphatic rings. The molecule has 2 saturated heterocycles. The summed E-state index contributed by atoms with van der Waals surface area (Å²) >= 11 is 0. The SMILES string of the molecule is Cc1cccc(C)c1C(=O)N1CCC[C@H](C(=O)Nc2cccc(C(C)(C)C)c2)[C@@H]1C1CCC(CN2CCCC2=O)CC1. The number of aryl methyl sites for hydroxylation is 2. The molecule has 0 spiro atoms. The van der Waals surface area contributed by atoms with E-state index in [0.29, 0.717) is 24.8 Å². The maximum Gasteiger partial charge on any atom is 0.254 e. The highest BCUT2D eigenvalue weighted by Gasteiger charge is 2.44. The van der Waals surface area contributed by atoms with E-state index in [0.717, 1.165) is 80.4 Å². The lowest BCUT2D eigenvalue weighted by molar-refractivity contribution is -0.129. The van der Waals surface area contributed by atoms with Gasteiger partial charge in [0.2, 0.25) is 11.8 Å². The first-order chi connectivity index (χ1) is 20.0. The Bertz CT molecular complexity index is 1280. The van der Waals surface area contributed by atoms with Crippen molar-refractivity contribution in [2.45, 2.75) is 97.4 Å². The van der Waals surface area contributed by atoms with Gasteiger partial charge in [-0.15, -0.1) is 0 Å². The minimum Gasteiger partial charge on any atom is -0.342 e. The second kappa shape index (κ2) is 12.6. The van der Waals surface area contributed by atoms with Crippen molar-refractivity contribution in [1.29, 1.82) is 0 Å². The first-order valence-corrected chi connectivity index (χ1v) is 16.1. The molecule has 1 aliphatic carbocycles. The van der Waals surface area contributed by atoms with Crippen LogP contribution in [0.4, 0.5) is 5.69 Å². The average molecular weight is 572 g/mol. The molecule has 3 amide bonds. The average Bonchev–Trinajstić information content (AvgIpc) is 3.36. The van der Waals surface area contributed by atoms with E-state index in [2.05, 4.69) is 43.1 Å². The predicted octanol–water partition coefficient (Wildman–Crippen LogP) is 6.89. The first-order valence-electron chi connectivity index (χ1n) is 16.1. The number of nitrogens with one attached hydrogen (secondary N) is 1. The molecule has 0 radical (unpaired) electrons. The smallest absolute Gasteiger partial charge is 0.254 e. The van der Waals surface area contributed by atoms with Gasteiger partial charge in [0.25, 0.3) is 5.91 Å². The summed E-state index contributed by atoms with van der Waals surface area (Å²) in [6.45, 7) is 13.0. The normalized spacial score (nSPS) is 25.0. The lowest BCUT2D eigenvalue weighted by Crippen LogP contribution is -2.56. The summed E-state index contributed by atoms with van der Waals surface area (Å²) in [5, 5.41) is 3.26. The maximum atomic E-state index is 14.3. The van der Waals surface area contributed by atoms with Crippen LogP contribution in [0.5, 0.6) is 0 Å². The van der Waals surface area contributed by atoms with Crippen LogP contribution >= 0.6 is 0 Å². The number of nitrogens with zero attached hydrogens (tertiary/aromatic N) is 2. The second-order valence-corrected chi connectivity index (χ2v) is 14.0. The van der Waals surface area contributed by atoms with Crippen LogP contribution in [0.25, 0.3) is 0 Å². The van der Waals surface area contributed by atoms with E-state index in [-0.39, 0.29) is 35.1 Å². The second-order valence-electron chi connectivity index (χ2n) is 14.0. The lowest BCUT2D eigenvalue weighted by atomic mass is 9.71. The Labute approximate surface area is 252 Å². The Morgan fingerprint density at radius 1 is 0.905 bits per heavy atom. The minimum atomic E-state index is -0.257. The number of amides is 3. The van der Waals surface area contributed by atoms with Gasteiger partial charge in [-0.25, -0.2) is 0 Å². The topological polar surface area (TPSA) is 69.7 Å². The van der Waals surface area contributed by atoms with Crippen LogP contribution in [0.2, 0.25) is 0 Å². The van der Waals surface area contributed by atoms with Crippen molar-refractivity contribution in [2.24, 2.45) is 17.8 Å². The summed E-state index contributed by atoms with van der Waals surface area (Å²) in [6.07, 6.45) is 7.31. The molecule has 2 aromatic rings. The number of anilines is 1. The van der Waals surface area contributed by atoms with Gasteiger partial charge in [0, 0.05) is 43.3 Å². The molecule has 0 unspecified atom stereocenters. The third kappa shape index (κ3) is 6.58. The van der Waals surface area contributed by atoms with Crippen LogP contribution in [0, 0.1) is 31.6 Å². The standard InChI is InChI=1S/C36H49N3O3/c1-24-10-6-11-25(2)32(24)35(42)39-21-8-14-30(34(41)37-29-13-7-12-28(22-29)36(3,4)5)33(39)27-18-16-26(17-19-27)23-38-20-9-15-31(38)40/h6-7,10-13,22,26-27,30,33H,8-9,14-21,23H2,1-5H3,(H,37,41)/t26?,27?,30-,33-/m0/s1. The zero-order valence-corrected chi connectivity index (χ0v) is 26.2. The molecule has 1 saturated carbocycles. The number of hydrogen-bond donors (Lipinski definition) is 1. The fraction of sp³-hybridized carbons (Fsp3) is 0.583. The predicted molar refractivity (Wildman–Crippen MR) is 168 cm³/mol. The third-order valence-electron chi connectivity index (χ3n) is 10.00. The van der Waals surface area contributed by atoms with Crippen molar-refractivity contribution >= 4 is 23.4 Å². The summed E-state index contributed by atoms with van der Waals surface area (Å²) in [7, 11) is 0. The summed E-state index contributed by atoms with van der Waals surface area (Å²) in [4.78, 5) is 44.7. The highest BCUT2D eigenvalue weighted by Crippen LogP contribution is 2.40. The highest BCUT2D eigenvalue weighted by atomic mass is 16.2. The van der Waals surface area contributed by atoms with Gasteiger partial charge >= 0.3 is 0 Å². The van der Waals surface area contributed by atoms with Gasteiger partial charge in [0.05, 0.1) is 5.92 Å². The van der Waals surface area contributed by atoms with Crippen molar-refractivity contribution in [1.82, 2.24) is 9.80 Å². The number of hydrogen-bond acceptors (Lipinski definition) is 3. The zero-order valence-electron chi connectivity index (χ0n) is 26.2. The summed E-state index contributed by atoms with van der Waals surface area (Å²) < 4.78 is 0. The lowest BCUT2D eigenvalue weighted by Gasteiger charge is -2.47.